The molecule has 1 fully saturated rings. The van der Waals surface area contributed by atoms with Gasteiger partial charge in [-0.25, -0.2) is 0 Å². The molecule has 0 radical (unpaired) electrons. The van der Waals surface area contributed by atoms with Crippen molar-refractivity contribution in [2.45, 2.75) is 57.5 Å². The van der Waals surface area contributed by atoms with Crippen LogP contribution in [0, 0.1) is 0 Å². The average molecular weight is 458 g/mol. The van der Waals surface area contributed by atoms with E-state index in [1.165, 1.54) is 18.4 Å². The molecule has 1 aliphatic carbocycles. The van der Waals surface area contributed by atoms with Crippen LogP contribution in [-0.2, 0) is 11.3 Å². The topological polar surface area (TPSA) is 69.7 Å². The molecule has 176 valence electrons. The number of hydrogen-bond acceptors (Lipinski definition) is 3. The van der Waals surface area contributed by atoms with Crippen LogP contribution < -0.4 is 10.2 Å². The van der Waals surface area contributed by atoms with Crippen molar-refractivity contribution in [3.05, 3.63) is 76.9 Å². The predicted molar refractivity (Wildman–Crippen MR) is 132 cm³/mol. The first-order valence-electron chi connectivity index (χ1n) is 12.4. The molecule has 3 aliphatic rings. The van der Waals surface area contributed by atoms with Crippen LogP contribution in [0.15, 0.2) is 60.2 Å². The second-order valence-electron chi connectivity index (χ2n) is 9.41. The van der Waals surface area contributed by atoms with Crippen LogP contribution >= 0.6 is 0 Å². The van der Waals surface area contributed by atoms with Crippen molar-refractivity contribution < 1.29 is 14.4 Å². The van der Waals surface area contributed by atoms with Crippen molar-refractivity contribution in [2.75, 3.05) is 18.0 Å². The number of para-hydroxylation sites is 1. The number of benzene rings is 2. The van der Waals surface area contributed by atoms with Gasteiger partial charge in [-0.15, -0.1) is 0 Å². The number of fused-ring (bicyclic) bond motifs is 2. The highest BCUT2D eigenvalue weighted by molar-refractivity contribution is 6.11. The number of hydrogen-bond donors (Lipinski definition) is 1. The highest BCUT2D eigenvalue weighted by Gasteiger charge is 2.41. The third-order valence-electron chi connectivity index (χ3n) is 7.14. The number of nitrogens with zero attached hydrogens (tertiary/aromatic N) is 2. The predicted octanol–water partition coefficient (Wildman–Crippen LogP) is 4.46. The van der Waals surface area contributed by atoms with E-state index in [0.717, 1.165) is 31.2 Å². The quantitative estimate of drug-likeness (QED) is 0.651. The van der Waals surface area contributed by atoms with Crippen LogP contribution in [0.25, 0.3) is 0 Å². The zero-order valence-corrected chi connectivity index (χ0v) is 19.5. The molecule has 6 nitrogen and oxygen atoms in total. The van der Waals surface area contributed by atoms with E-state index < -0.39 is 6.04 Å². The van der Waals surface area contributed by atoms with Gasteiger partial charge in [0.2, 0.25) is 5.91 Å². The summed E-state index contributed by atoms with van der Waals surface area (Å²) in [5.41, 5.74) is 4.09. The van der Waals surface area contributed by atoms with E-state index in [1.54, 1.807) is 21.9 Å². The first-order chi connectivity index (χ1) is 16.6. The number of carbonyl (C=O) groups excluding carboxylic acids is 3. The van der Waals surface area contributed by atoms with E-state index in [4.69, 9.17) is 0 Å². The molecule has 1 saturated heterocycles. The summed E-state index contributed by atoms with van der Waals surface area (Å²) in [6, 6.07) is 14.4. The molecule has 2 aliphatic heterocycles. The molecule has 2 heterocycles. The third-order valence-corrected chi connectivity index (χ3v) is 7.14. The monoisotopic (exact) mass is 457 g/mol. The zero-order chi connectivity index (χ0) is 23.5. The largest absolute Gasteiger partial charge is 0.352 e. The second kappa shape index (κ2) is 9.84. The third kappa shape index (κ3) is 4.49. The van der Waals surface area contributed by atoms with E-state index in [0.29, 0.717) is 42.9 Å². The van der Waals surface area contributed by atoms with Gasteiger partial charge < -0.3 is 15.1 Å². The molecule has 0 bridgehead atoms. The minimum absolute atomic E-state index is 0.0496. The van der Waals surface area contributed by atoms with Gasteiger partial charge in [0.05, 0.1) is 17.8 Å². The van der Waals surface area contributed by atoms with Crippen molar-refractivity contribution in [1.29, 1.82) is 0 Å². The van der Waals surface area contributed by atoms with E-state index in [1.807, 2.05) is 36.4 Å². The van der Waals surface area contributed by atoms with Crippen LogP contribution in [0.2, 0.25) is 0 Å². The van der Waals surface area contributed by atoms with Crippen molar-refractivity contribution >= 4 is 23.4 Å². The lowest BCUT2D eigenvalue weighted by Gasteiger charge is -2.26. The number of rotatable bonds is 6. The fourth-order valence-electron chi connectivity index (χ4n) is 5.34. The minimum atomic E-state index is -0.416. The summed E-state index contributed by atoms with van der Waals surface area (Å²) in [6.07, 6.45) is 9.52. The Balaban J connectivity index is 1.32. The molecule has 6 heteroatoms. The lowest BCUT2D eigenvalue weighted by Crippen LogP contribution is -2.44. The fourth-order valence-corrected chi connectivity index (χ4v) is 5.34. The van der Waals surface area contributed by atoms with Crippen LogP contribution in [0.1, 0.15) is 71.2 Å². The van der Waals surface area contributed by atoms with E-state index >= 15 is 0 Å². The summed E-state index contributed by atoms with van der Waals surface area (Å²) in [6.45, 7) is 1.57. The Labute approximate surface area is 200 Å². The van der Waals surface area contributed by atoms with Gasteiger partial charge in [0, 0.05) is 18.7 Å². The Kier molecular flexibility index (Phi) is 6.48. The molecule has 5 rings (SSSR count). The van der Waals surface area contributed by atoms with Crippen molar-refractivity contribution in [3.63, 3.8) is 0 Å². The molecule has 1 atom stereocenters. The number of allylic oxidation sites excluding steroid dienone is 1. The van der Waals surface area contributed by atoms with E-state index in [2.05, 4.69) is 11.4 Å². The van der Waals surface area contributed by atoms with Gasteiger partial charge >= 0.3 is 0 Å². The number of amides is 3. The Hall–Kier alpha value is -3.41. The van der Waals surface area contributed by atoms with Crippen molar-refractivity contribution in [1.82, 2.24) is 10.2 Å². The highest BCUT2D eigenvalue weighted by Crippen LogP contribution is 2.33. The fraction of sp³-hybridized carbons (Fsp3) is 0.393. The highest BCUT2D eigenvalue weighted by atomic mass is 16.2. The maximum atomic E-state index is 13.5. The van der Waals surface area contributed by atoms with Crippen LogP contribution in [0.5, 0.6) is 0 Å². The molecule has 0 saturated carbocycles. The summed E-state index contributed by atoms with van der Waals surface area (Å²) in [4.78, 5) is 42.8. The SMILES string of the molecule is O=C(NCCC1=CCCCC1)c1cccc(CN2C(=O)[C@H]3CCCN3C(=O)c3ccccc32)c1. The van der Waals surface area contributed by atoms with Crippen molar-refractivity contribution in [3.8, 4) is 0 Å². The maximum absolute atomic E-state index is 13.5. The minimum Gasteiger partial charge on any atom is -0.352 e. The molecule has 0 unspecified atom stereocenters. The summed E-state index contributed by atoms with van der Waals surface area (Å²) in [5.74, 6) is -0.223. The van der Waals surface area contributed by atoms with Crippen LogP contribution in [0.3, 0.4) is 0 Å². The first-order valence-corrected chi connectivity index (χ1v) is 12.4. The van der Waals surface area contributed by atoms with Crippen LogP contribution in [-0.4, -0.2) is 41.8 Å². The Morgan fingerprint density at radius 3 is 2.76 bits per heavy atom. The van der Waals surface area contributed by atoms with E-state index in [-0.39, 0.29) is 17.7 Å². The molecule has 3 amide bonds. The zero-order valence-electron chi connectivity index (χ0n) is 19.5. The maximum Gasteiger partial charge on any atom is 0.256 e. The molecule has 2 aromatic carbocycles. The lowest BCUT2D eigenvalue weighted by atomic mass is 9.97. The van der Waals surface area contributed by atoms with E-state index in [9.17, 15) is 14.4 Å². The normalized spacial score (nSPS) is 19.9. The summed E-state index contributed by atoms with van der Waals surface area (Å²) in [5, 5.41) is 3.04. The molecule has 34 heavy (non-hydrogen) atoms. The molecule has 0 spiro atoms. The van der Waals surface area contributed by atoms with Crippen molar-refractivity contribution in [2.24, 2.45) is 0 Å². The van der Waals surface area contributed by atoms with Gasteiger partial charge in [-0.2, -0.15) is 0 Å². The summed E-state index contributed by atoms with van der Waals surface area (Å²) < 4.78 is 0. The Bertz CT molecular complexity index is 1140. The number of carbonyl (C=O) groups is 3. The molecular formula is C28H31N3O3. The first kappa shape index (κ1) is 22.4. The van der Waals surface area contributed by atoms with Gasteiger partial charge in [0.25, 0.3) is 11.8 Å². The Morgan fingerprint density at radius 1 is 1.03 bits per heavy atom. The van der Waals surface area contributed by atoms with Gasteiger partial charge in [-0.1, -0.05) is 35.9 Å². The summed E-state index contributed by atoms with van der Waals surface area (Å²) in [7, 11) is 0. The molecule has 1 N–H and O–H groups in total. The van der Waals surface area contributed by atoms with Gasteiger partial charge in [-0.05, 0) is 74.8 Å². The average Bonchev–Trinajstić information content (AvgIpc) is 3.35. The smallest absolute Gasteiger partial charge is 0.256 e. The van der Waals surface area contributed by atoms with Gasteiger partial charge in [-0.3, -0.25) is 14.4 Å². The standard InChI is InChI=1S/C28H31N3O3/c32-26(29-16-15-20-8-2-1-3-9-20)22-11-6-10-21(18-22)19-31-24-13-5-4-12-23(24)27(33)30-17-7-14-25(30)28(31)34/h4-6,8,10-13,18,25H,1-3,7,9,14-17,19H2,(H,29,32)/t25-/m1/s1. The second-order valence-corrected chi connectivity index (χ2v) is 9.41. The molecular weight excluding hydrogens is 426 g/mol. The molecule has 2 aromatic rings. The summed E-state index contributed by atoms with van der Waals surface area (Å²) >= 11 is 0. The van der Waals surface area contributed by atoms with Crippen LogP contribution in [0.4, 0.5) is 5.69 Å². The van der Waals surface area contributed by atoms with Gasteiger partial charge in [0.1, 0.15) is 6.04 Å². The number of anilines is 1. The Morgan fingerprint density at radius 2 is 1.91 bits per heavy atom. The molecule has 0 aromatic heterocycles. The lowest BCUT2D eigenvalue weighted by molar-refractivity contribution is -0.122. The van der Waals surface area contributed by atoms with Gasteiger partial charge in [0.15, 0.2) is 0 Å². The number of nitrogens with one attached hydrogen (secondary N) is 1.